The number of aromatic hydroxyl groups is 2. The summed E-state index contributed by atoms with van der Waals surface area (Å²) in [5.41, 5.74) is 0.830. The maximum atomic E-state index is 13.1. The van der Waals surface area contributed by atoms with Gasteiger partial charge in [-0.2, -0.15) is 0 Å². The Hall–Kier alpha value is -1.74. The van der Waals surface area contributed by atoms with E-state index in [1.54, 1.807) is 0 Å². The van der Waals surface area contributed by atoms with Crippen LogP contribution in [0.3, 0.4) is 0 Å². The lowest BCUT2D eigenvalue weighted by Gasteiger charge is -2.05. The van der Waals surface area contributed by atoms with Crippen LogP contribution >= 0.6 is 11.6 Å². The summed E-state index contributed by atoms with van der Waals surface area (Å²) in [6, 6.07) is 8.97. The van der Waals surface area contributed by atoms with E-state index in [4.69, 9.17) is 16.7 Å². The van der Waals surface area contributed by atoms with Crippen molar-refractivity contribution < 1.29 is 14.6 Å². The number of benzene rings is 2. The number of phenols is 2. The molecule has 81 valence electrons. The molecule has 0 saturated heterocycles. The maximum Gasteiger partial charge on any atom is 0.127 e. The first-order chi connectivity index (χ1) is 7.56. The van der Waals surface area contributed by atoms with E-state index in [0.29, 0.717) is 11.1 Å². The average Bonchev–Trinajstić information content (AvgIpc) is 2.15. The lowest BCUT2D eigenvalue weighted by molar-refractivity contribution is 0.469. The fourth-order valence-electron chi connectivity index (χ4n) is 1.40. The van der Waals surface area contributed by atoms with Crippen LogP contribution in [0.25, 0.3) is 11.1 Å². The van der Waals surface area contributed by atoms with Crippen LogP contribution in [-0.4, -0.2) is 10.2 Å². The number of rotatable bonds is 1. The third-order valence-electron chi connectivity index (χ3n) is 2.05. The lowest BCUT2D eigenvalue weighted by Crippen LogP contribution is -1.82. The smallest absolute Gasteiger partial charge is 0.127 e. The van der Waals surface area contributed by atoms with E-state index in [2.05, 4.69) is 6.07 Å². The van der Waals surface area contributed by atoms with Gasteiger partial charge in [0.1, 0.15) is 17.3 Å². The normalized spacial score (nSPS) is 10.4. The topological polar surface area (TPSA) is 40.5 Å². The van der Waals surface area contributed by atoms with Gasteiger partial charge in [0.25, 0.3) is 0 Å². The summed E-state index contributed by atoms with van der Waals surface area (Å²) in [7, 11) is 0. The van der Waals surface area contributed by atoms with Crippen LogP contribution in [0.1, 0.15) is 0 Å². The largest absolute Gasteiger partial charge is 0.508 e. The van der Waals surface area contributed by atoms with Gasteiger partial charge in [-0.1, -0.05) is 11.6 Å². The van der Waals surface area contributed by atoms with E-state index >= 15 is 0 Å². The fourth-order valence-corrected chi connectivity index (χ4v) is 1.67. The molecule has 0 amide bonds. The van der Waals surface area contributed by atoms with Crippen molar-refractivity contribution in [1.82, 2.24) is 0 Å². The van der Waals surface area contributed by atoms with Gasteiger partial charge in [-0.05, 0) is 35.9 Å². The number of hydrogen-bond acceptors (Lipinski definition) is 2. The van der Waals surface area contributed by atoms with Crippen molar-refractivity contribution in [2.45, 2.75) is 0 Å². The van der Waals surface area contributed by atoms with Crippen molar-refractivity contribution in [2.24, 2.45) is 0 Å². The van der Waals surface area contributed by atoms with Gasteiger partial charge in [0.05, 0.1) is 5.02 Å². The minimum atomic E-state index is -0.562. The van der Waals surface area contributed by atoms with Gasteiger partial charge in [-0.3, -0.25) is 0 Å². The second-order valence-corrected chi connectivity index (χ2v) is 3.69. The Balaban J connectivity index is 2.58. The molecule has 0 saturated carbocycles. The van der Waals surface area contributed by atoms with Crippen molar-refractivity contribution in [1.29, 1.82) is 0 Å². The third-order valence-corrected chi connectivity index (χ3v) is 2.35. The van der Waals surface area contributed by atoms with Gasteiger partial charge in [0.2, 0.25) is 0 Å². The van der Waals surface area contributed by atoms with Gasteiger partial charge in [0.15, 0.2) is 0 Å². The molecule has 0 atom stereocenters. The Morgan fingerprint density at radius 2 is 1.81 bits per heavy atom. The Morgan fingerprint density at radius 3 is 2.44 bits per heavy atom. The molecule has 4 heteroatoms. The van der Waals surface area contributed by atoms with Gasteiger partial charge in [0, 0.05) is 11.6 Å². The first-order valence-electron chi connectivity index (χ1n) is 4.46. The third kappa shape index (κ3) is 2.09. The van der Waals surface area contributed by atoms with E-state index < -0.39 is 5.82 Å². The Morgan fingerprint density at radius 1 is 1.06 bits per heavy atom. The van der Waals surface area contributed by atoms with Crippen molar-refractivity contribution in [3.8, 4) is 22.6 Å². The zero-order valence-electron chi connectivity index (χ0n) is 8.04. The number of hydrogen-bond donors (Lipinski definition) is 2. The summed E-state index contributed by atoms with van der Waals surface area (Å²) in [5, 5.41) is 18.6. The predicted octanol–water partition coefficient (Wildman–Crippen LogP) is 3.36. The summed E-state index contributed by atoms with van der Waals surface area (Å²) >= 11 is 5.87. The number of halogens is 2. The molecule has 0 heterocycles. The van der Waals surface area contributed by atoms with Crippen LogP contribution in [-0.2, 0) is 0 Å². The predicted molar refractivity (Wildman–Crippen MR) is 59.0 cm³/mol. The molecule has 2 aromatic carbocycles. The summed E-state index contributed by atoms with van der Waals surface area (Å²) in [6.07, 6.45) is 0. The number of phenolic OH excluding ortho intramolecular Hbond substituents is 2. The Labute approximate surface area is 96.5 Å². The molecule has 0 unspecified atom stereocenters. The zero-order valence-corrected chi connectivity index (χ0v) is 8.79. The van der Waals surface area contributed by atoms with E-state index in [1.165, 1.54) is 24.3 Å². The monoisotopic (exact) mass is 237 g/mol. The van der Waals surface area contributed by atoms with E-state index in [1.807, 2.05) is 0 Å². The van der Waals surface area contributed by atoms with Crippen molar-refractivity contribution in [3.05, 3.63) is 47.2 Å². The highest BCUT2D eigenvalue weighted by atomic mass is 35.5. The SMILES string of the molecule is Oc1cc(F)cc(-c2[c]cc(O)cc2Cl)c1. The van der Waals surface area contributed by atoms with Gasteiger partial charge >= 0.3 is 0 Å². The minimum absolute atomic E-state index is 0.0191. The summed E-state index contributed by atoms with van der Waals surface area (Å²) in [6.45, 7) is 0. The minimum Gasteiger partial charge on any atom is -0.508 e. The van der Waals surface area contributed by atoms with Gasteiger partial charge in [-0.15, -0.1) is 0 Å². The highest BCUT2D eigenvalue weighted by molar-refractivity contribution is 6.33. The molecule has 2 aromatic rings. The quantitative estimate of drug-likeness (QED) is 0.799. The van der Waals surface area contributed by atoms with Crippen LogP contribution in [0.2, 0.25) is 5.02 Å². The summed E-state index contributed by atoms with van der Waals surface area (Å²) in [5.74, 6) is -0.769. The van der Waals surface area contributed by atoms with Crippen LogP contribution in [0.5, 0.6) is 11.5 Å². The molecule has 1 radical (unpaired) electrons. The summed E-state index contributed by atoms with van der Waals surface area (Å²) < 4.78 is 13.1. The first kappa shape index (κ1) is 10.8. The van der Waals surface area contributed by atoms with Crippen molar-refractivity contribution >= 4 is 11.6 Å². The van der Waals surface area contributed by atoms with Gasteiger partial charge in [-0.25, -0.2) is 4.39 Å². The fraction of sp³-hybridized carbons (Fsp3) is 0. The van der Waals surface area contributed by atoms with Crippen LogP contribution < -0.4 is 0 Å². The molecule has 0 aliphatic rings. The molecule has 0 bridgehead atoms. The molecule has 0 aliphatic carbocycles. The van der Waals surface area contributed by atoms with E-state index in [9.17, 15) is 9.50 Å². The molecule has 2 nitrogen and oxygen atoms in total. The average molecular weight is 238 g/mol. The molecule has 0 spiro atoms. The maximum absolute atomic E-state index is 13.1. The molecule has 0 aliphatic heterocycles. The second kappa shape index (κ2) is 4.02. The Kier molecular flexibility index (Phi) is 2.71. The molecular formula is C12H7ClFO2. The molecule has 16 heavy (non-hydrogen) atoms. The van der Waals surface area contributed by atoms with Gasteiger partial charge < -0.3 is 10.2 Å². The molecule has 2 N–H and O–H groups in total. The zero-order chi connectivity index (χ0) is 11.7. The highest BCUT2D eigenvalue weighted by Crippen LogP contribution is 2.32. The van der Waals surface area contributed by atoms with E-state index in [-0.39, 0.29) is 16.5 Å². The molecule has 0 fully saturated rings. The summed E-state index contributed by atoms with van der Waals surface area (Å²) in [4.78, 5) is 0. The van der Waals surface area contributed by atoms with E-state index in [0.717, 1.165) is 6.07 Å². The second-order valence-electron chi connectivity index (χ2n) is 3.28. The van der Waals surface area contributed by atoms with Crippen LogP contribution in [0, 0.1) is 11.9 Å². The lowest BCUT2D eigenvalue weighted by atomic mass is 10.1. The first-order valence-corrected chi connectivity index (χ1v) is 4.84. The standard InChI is InChI=1S/C12H7ClFO2/c13-12-6-9(15)1-2-11(12)7-3-8(14)5-10(16)4-7/h1,3-6,15-16H. The molecular weight excluding hydrogens is 231 g/mol. The van der Waals surface area contributed by atoms with Crippen molar-refractivity contribution in [2.75, 3.05) is 0 Å². The van der Waals surface area contributed by atoms with Crippen LogP contribution in [0.15, 0.2) is 30.3 Å². The molecule has 2 rings (SSSR count). The highest BCUT2D eigenvalue weighted by Gasteiger charge is 2.07. The van der Waals surface area contributed by atoms with Crippen molar-refractivity contribution in [3.63, 3.8) is 0 Å². The Bertz CT molecular complexity index is 520. The molecule has 0 aromatic heterocycles. The van der Waals surface area contributed by atoms with Crippen LogP contribution in [0.4, 0.5) is 4.39 Å².